The van der Waals surface area contributed by atoms with Gasteiger partial charge in [0, 0.05) is 16.1 Å². The predicted molar refractivity (Wildman–Crippen MR) is 56.1 cm³/mol. The predicted octanol–water partition coefficient (Wildman–Crippen LogP) is 3.60. The Labute approximate surface area is 93.0 Å². The number of halogens is 3. The largest absolute Gasteiger partial charge is 0.432 e. The monoisotopic (exact) mass is 273 g/mol. The second-order valence-corrected chi connectivity index (χ2v) is 3.68. The molecule has 1 aromatic carbocycles. The molecule has 2 rings (SSSR count). The van der Waals surface area contributed by atoms with Crippen molar-refractivity contribution in [3.8, 4) is 5.75 Å². The minimum atomic E-state index is -2.84. The SMILES string of the molecule is FC(F)Oc1ccc(Br)c2cccnc12. The molecule has 0 saturated carbocycles. The van der Waals surface area contributed by atoms with Gasteiger partial charge in [0.1, 0.15) is 5.52 Å². The highest BCUT2D eigenvalue weighted by molar-refractivity contribution is 9.10. The molecule has 0 amide bonds. The summed E-state index contributed by atoms with van der Waals surface area (Å²) in [4.78, 5) is 4.01. The van der Waals surface area contributed by atoms with Crippen molar-refractivity contribution in [2.24, 2.45) is 0 Å². The van der Waals surface area contributed by atoms with Crippen LogP contribution in [0, 0.1) is 0 Å². The second kappa shape index (κ2) is 4.10. The molecule has 78 valence electrons. The molecule has 1 aromatic heterocycles. The van der Waals surface area contributed by atoms with E-state index in [9.17, 15) is 8.78 Å². The standard InChI is InChI=1S/C10H6BrF2NO/c11-7-3-4-8(15-10(12)13)9-6(7)2-1-5-14-9/h1-5,10H. The molecule has 0 radical (unpaired) electrons. The molecule has 0 spiro atoms. The molecule has 15 heavy (non-hydrogen) atoms. The third kappa shape index (κ3) is 2.07. The van der Waals surface area contributed by atoms with Crippen LogP contribution in [0.2, 0.25) is 0 Å². The maximum absolute atomic E-state index is 12.1. The van der Waals surface area contributed by atoms with E-state index >= 15 is 0 Å². The second-order valence-electron chi connectivity index (χ2n) is 2.82. The van der Waals surface area contributed by atoms with Crippen LogP contribution in [-0.4, -0.2) is 11.6 Å². The van der Waals surface area contributed by atoms with Gasteiger partial charge in [0.05, 0.1) is 0 Å². The number of hydrogen-bond acceptors (Lipinski definition) is 2. The Balaban J connectivity index is 2.61. The summed E-state index contributed by atoms with van der Waals surface area (Å²) in [6, 6.07) is 6.64. The highest BCUT2D eigenvalue weighted by atomic mass is 79.9. The summed E-state index contributed by atoms with van der Waals surface area (Å²) < 4.78 is 29.3. The summed E-state index contributed by atoms with van der Waals surface area (Å²) in [5.74, 6) is 0.0869. The van der Waals surface area contributed by atoms with Crippen LogP contribution in [0.25, 0.3) is 10.9 Å². The number of nitrogens with zero attached hydrogens (tertiary/aromatic N) is 1. The lowest BCUT2D eigenvalue weighted by atomic mass is 10.2. The van der Waals surface area contributed by atoms with Crippen molar-refractivity contribution in [3.05, 3.63) is 34.9 Å². The third-order valence-electron chi connectivity index (χ3n) is 1.90. The Morgan fingerprint density at radius 1 is 1.27 bits per heavy atom. The van der Waals surface area contributed by atoms with Crippen LogP contribution in [0.15, 0.2) is 34.9 Å². The smallest absolute Gasteiger partial charge is 0.387 e. The van der Waals surface area contributed by atoms with Crippen LogP contribution in [0.5, 0.6) is 5.75 Å². The Hall–Kier alpha value is -1.23. The fourth-order valence-electron chi connectivity index (χ4n) is 1.30. The maximum Gasteiger partial charge on any atom is 0.387 e. The van der Waals surface area contributed by atoms with Gasteiger partial charge in [0.25, 0.3) is 0 Å². The van der Waals surface area contributed by atoms with Crippen molar-refractivity contribution < 1.29 is 13.5 Å². The lowest BCUT2D eigenvalue weighted by Gasteiger charge is -2.07. The van der Waals surface area contributed by atoms with Gasteiger partial charge < -0.3 is 4.74 Å². The van der Waals surface area contributed by atoms with E-state index < -0.39 is 6.61 Å². The number of ether oxygens (including phenoxy) is 1. The van der Waals surface area contributed by atoms with Gasteiger partial charge in [0.15, 0.2) is 5.75 Å². The van der Waals surface area contributed by atoms with Gasteiger partial charge in [0.2, 0.25) is 0 Å². The molecule has 0 fully saturated rings. The van der Waals surface area contributed by atoms with Crippen LogP contribution < -0.4 is 4.74 Å². The van der Waals surface area contributed by atoms with E-state index in [0.29, 0.717) is 5.52 Å². The molecule has 0 atom stereocenters. The van der Waals surface area contributed by atoms with Crippen molar-refractivity contribution >= 4 is 26.8 Å². The molecule has 0 aliphatic heterocycles. The summed E-state index contributed by atoms with van der Waals surface area (Å²) in [6.07, 6.45) is 1.53. The lowest BCUT2D eigenvalue weighted by Crippen LogP contribution is -2.02. The average molecular weight is 274 g/mol. The van der Waals surface area contributed by atoms with E-state index in [0.717, 1.165) is 9.86 Å². The zero-order valence-electron chi connectivity index (χ0n) is 7.45. The summed E-state index contributed by atoms with van der Waals surface area (Å²) in [7, 11) is 0. The van der Waals surface area contributed by atoms with E-state index in [1.54, 1.807) is 18.2 Å². The summed E-state index contributed by atoms with van der Waals surface area (Å²) >= 11 is 3.31. The number of pyridine rings is 1. The Bertz CT molecular complexity index is 490. The third-order valence-corrected chi connectivity index (χ3v) is 2.59. The quantitative estimate of drug-likeness (QED) is 0.834. The van der Waals surface area contributed by atoms with E-state index in [-0.39, 0.29) is 5.75 Å². The average Bonchev–Trinajstić information content (AvgIpc) is 2.22. The minimum Gasteiger partial charge on any atom is -0.432 e. The Morgan fingerprint density at radius 2 is 2.07 bits per heavy atom. The molecule has 5 heteroatoms. The molecule has 0 saturated heterocycles. The fourth-order valence-corrected chi connectivity index (χ4v) is 1.76. The molecule has 0 aliphatic rings. The maximum atomic E-state index is 12.1. The molecule has 0 N–H and O–H groups in total. The van der Waals surface area contributed by atoms with Gasteiger partial charge in [-0.1, -0.05) is 22.0 Å². The van der Waals surface area contributed by atoms with Crippen molar-refractivity contribution in [2.45, 2.75) is 6.61 Å². The topological polar surface area (TPSA) is 22.1 Å². The van der Waals surface area contributed by atoms with E-state index in [1.807, 2.05) is 0 Å². The van der Waals surface area contributed by atoms with Gasteiger partial charge >= 0.3 is 6.61 Å². The summed E-state index contributed by atoms with van der Waals surface area (Å²) in [6.45, 7) is -2.84. The molecule has 0 bridgehead atoms. The van der Waals surface area contributed by atoms with Crippen molar-refractivity contribution in [3.63, 3.8) is 0 Å². The molecule has 0 aliphatic carbocycles. The van der Waals surface area contributed by atoms with Crippen LogP contribution >= 0.6 is 15.9 Å². The number of alkyl halides is 2. The van der Waals surface area contributed by atoms with Crippen LogP contribution in [0.1, 0.15) is 0 Å². The number of hydrogen-bond donors (Lipinski definition) is 0. The van der Waals surface area contributed by atoms with Crippen molar-refractivity contribution in [1.29, 1.82) is 0 Å². The Morgan fingerprint density at radius 3 is 2.80 bits per heavy atom. The van der Waals surface area contributed by atoms with E-state index in [1.165, 1.54) is 12.3 Å². The number of benzene rings is 1. The molecule has 1 heterocycles. The molecule has 2 aromatic rings. The first-order valence-electron chi connectivity index (χ1n) is 4.16. The van der Waals surface area contributed by atoms with Gasteiger partial charge in [-0.3, -0.25) is 4.98 Å². The molecule has 2 nitrogen and oxygen atoms in total. The van der Waals surface area contributed by atoms with Gasteiger partial charge in [-0.2, -0.15) is 8.78 Å². The van der Waals surface area contributed by atoms with Gasteiger partial charge in [-0.05, 0) is 18.2 Å². The highest BCUT2D eigenvalue weighted by Crippen LogP contribution is 2.30. The number of aromatic nitrogens is 1. The lowest BCUT2D eigenvalue weighted by molar-refractivity contribution is -0.0489. The van der Waals surface area contributed by atoms with Crippen LogP contribution in [-0.2, 0) is 0 Å². The van der Waals surface area contributed by atoms with Crippen LogP contribution in [0.4, 0.5) is 8.78 Å². The number of rotatable bonds is 2. The minimum absolute atomic E-state index is 0.0869. The van der Waals surface area contributed by atoms with Crippen molar-refractivity contribution in [1.82, 2.24) is 4.98 Å². The zero-order chi connectivity index (χ0) is 10.8. The first-order chi connectivity index (χ1) is 7.18. The van der Waals surface area contributed by atoms with Gasteiger partial charge in [-0.15, -0.1) is 0 Å². The highest BCUT2D eigenvalue weighted by Gasteiger charge is 2.10. The normalized spacial score (nSPS) is 10.9. The first kappa shape index (κ1) is 10.3. The molecular formula is C10H6BrF2NO. The van der Waals surface area contributed by atoms with E-state index in [4.69, 9.17) is 0 Å². The summed E-state index contributed by atoms with van der Waals surface area (Å²) in [5.41, 5.74) is 0.423. The molecule has 0 unspecified atom stereocenters. The first-order valence-corrected chi connectivity index (χ1v) is 4.96. The Kier molecular flexibility index (Phi) is 2.81. The van der Waals surface area contributed by atoms with Crippen LogP contribution in [0.3, 0.4) is 0 Å². The number of fused-ring (bicyclic) bond motifs is 1. The van der Waals surface area contributed by atoms with E-state index in [2.05, 4.69) is 25.7 Å². The molecular weight excluding hydrogens is 268 g/mol. The zero-order valence-corrected chi connectivity index (χ0v) is 9.04. The summed E-state index contributed by atoms with van der Waals surface area (Å²) in [5, 5.41) is 0.746. The van der Waals surface area contributed by atoms with Gasteiger partial charge in [-0.25, -0.2) is 0 Å². The van der Waals surface area contributed by atoms with Crippen molar-refractivity contribution in [2.75, 3.05) is 0 Å². The fraction of sp³-hybridized carbons (Fsp3) is 0.100.